The Morgan fingerprint density at radius 1 is 1.23 bits per heavy atom. The first-order valence-corrected chi connectivity index (χ1v) is 8.19. The van der Waals surface area contributed by atoms with Crippen molar-refractivity contribution in [3.8, 4) is 11.4 Å². The molecule has 7 heteroatoms. The van der Waals surface area contributed by atoms with Crippen molar-refractivity contribution < 1.29 is 13.7 Å². The quantitative estimate of drug-likeness (QED) is 0.604. The summed E-state index contributed by atoms with van der Waals surface area (Å²) in [5.74, 6) is -0.441. The second kappa shape index (κ2) is 7.93. The molecule has 0 atom stereocenters. The molecule has 0 aliphatic rings. The van der Waals surface area contributed by atoms with Crippen LogP contribution in [0, 0.1) is 5.82 Å². The van der Waals surface area contributed by atoms with E-state index in [1.54, 1.807) is 36.4 Å². The first kappa shape index (κ1) is 17.8. The summed E-state index contributed by atoms with van der Waals surface area (Å²) < 4.78 is 19.1. The number of benzene rings is 2. The van der Waals surface area contributed by atoms with Gasteiger partial charge in [-0.25, -0.2) is 4.39 Å². The van der Waals surface area contributed by atoms with Crippen LogP contribution in [0.2, 0.25) is 5.02 Å². The summed E-state index contributed by atoms with van der Waals surface area (Å²) >= 11 is 5.87. The van der Waals surface area contributed by atoms with Crippen LogP contribution in [-0.4, -0.2) is 27.5 Å². The Morgan fingerprint density at radius 2 is 1.96 bits per heavy atom. The zero-order valence-electron chi connectivity index (χ0n) is 13.7. The molecular formula is C19H15ClFN3O2. The van der Waals surface area contributed by atoms with Crippen molar-refractivity contribution in [2.75, 3.05) is 6.54 Å². The third kappa shape index (κ3) is 3.97. The summed E-state index contributed by atoms with van der Waals surface area (Å²) in [5.41, 5.74) is 0.715. The molecule has 132 valence electrons. The monoisotopic (exact) mass is 371 g/mol. The van der Waals surface area contributed by atoms with Gasteiger partial charge in [-0.2, -0.15) is 4.98 Å². The summed E-state index contributed by atoms with van der Waals surface area (Å²) in [5, 5.41) is 4.51. The van der Waals surface area contributed by atoms with Crippen LogP contribution in [0.3, 0.4) is 0 Å². The first-order valence-electron chi connectivity index (χ1n) is 7.81. The topological polar surface area (TPSA) is 59.2 Å². The molecule has 0 N–H and O–H groups in total. The van der Waals surface area contributed by atoms with E-state index in [1.807, 2.05) is 0 Å². The fourth-order valence-corrected chi connectivity index (χ4v) is 2.50. The van der Waals surface area contributed by atoms with E-state index in [9.17, 15) is 9.18 Å². The molecule has 1 aromatic heterocycles. The smallest absolute Gasteiger partial charge is 0.257 e. The maximum Gasteiger partial charge on any atom is 0.257 e. The van der Waals surface area contributed by atoms with Gasteiger partial charge in [-0.3, -0.25) is 4.79 Å². The Morgan fingerprint density at radius 3 is 2.65 bits per heavy atom. The molecule has 0 aliphatic heterocycles. The zero-order valence-corrected chi connectivity index (χ0v) is 14.5. The minimum atomic E-state index is -0.584. The van der Waals surface area contributed by atoms with Gasteiger partial charge in [-0.05, 0) is 36.4 Å². The van der Waals surface area contributed by atoms with Gasteiger partial charge in [0.05, 0.1) is 5.56 Å². The Bertz CT molecular complexity index is 925. The highest BCUT2D eigenvalue weighted by Crippen LogP contribution is 2.19. The molecule has 0 spiro atoms. The molecule has 0 saturated carbocycles. The van der Waals surface area contributed by atoms with Gasteiger partial charge in [0, 0.05) is 17.1 Å². The molecule has 0 aliphatic carbocycles. The van der Waals surface area contributed by atoms with Gasteiger partial charge in [0.25, 0.3) is 5.91 Å². The average molecular weight is 372 g/mol. The largest absolute Gasteiger partial charge is 0.337 e. The highest BCUT2D eigenvalue weighted by Gasteiger charge is 2.21. The number of carbonyl (C=O) groups is 1. The Balaban J connectivity index is 1.80. The van der Waals surface area contributed by atoms with Crippen molar-refractivity contribution in [2.24, 2.45) is 0 Å². The van der Waals surface area contributed by atoms with E-state index in [1.165, 1.54) is 23.1 Å². The van der Waals surface area contributed by atoms with Gasteiger partial charge >= 0.3 is 0 Å². The SMILES string of the molecule is C=CCN(Cc1nc(-c2ccc(Cl)cc2)no1)C(=O)c1ccccc1F. The molecular weight excluding hydrogens is 357 g/mol. The van der Waals surface area contributed by atoms with Crippen LogP contribution in [0.25, 0.3) is 11.4 Å². The number of hydrogen-bond acceptors (Lipinski definition) is 4. The lowest BCUT2D eigenvalue weighted by Crippen LogP contribution is -2.31. The predicted octanol–water partition coefficient (Wildman–Crippen LogP) is 4.36. The van der Waals surface area contributed by atoms with Crippen LogP contribution in [-0.2, 0) is 6.54 Å². The van der Waals surface area contributed by atoms with Crippen LogP contribution < -0.4 is 0 Å². The standard InChI is InChI=1S/C19H15ClFN3O2/c1-2-11-24(19(25)15-5-3-4-6-16(15)21)12-17-22-18(23-26-17)13-7-9-14(20)10-8-13/h2-10H,1,11-12H2. The summed E-state index contributed by atoms with van der Waals surface area (Å²) in [4.78, 5) is 18.3. The van der Waals surface area contributed by atoms with Crippen molar-refractivity contribution in [3.63, 3.8) is 0 Å². The Hall–Kier alpha value is -2.99. The molecule has 3 rings (SSSR count). The summed E-state index contributed by atoms with van der Waals surface area (Å²) in [6.07, 6.45) is 1.55. The third-order valence-corrected chi connectivity index (χ3v) is 3.89. The highest BCUT2D eigenvalue weighted by atomic mass is 35.5. The number of rotatable bonds is 6. The summed E-state index contributed by atoms with van der Waals surface area (Å²) in [6.45, 7) is 3.89. The van der Waals surface area contributed by atoms with Crippen molar-refractivity contribution in [1.29, 1.82) is 0 Å². The summed E-state index contributed by atoms with van der Waals surface area (Å²) in [6, 6.07) is 12.8. The number of hydrogen-bond donors (Lipinski definition) is 0. The molecule has 5 nitrogen and oxygen atoms in total. The minimum Gasteiger partial charge on any atom is -0.337 e. The van der Waals surface area contributed by atoms with Crippen molar-refractivity contribution in [1.82, 2.24) is 15.0 Å². The van der Waals surface area contributed by atoms with Crippen molar-refractivity contribution in [2.45, 2.75) is 6.54 Å². The van der Waals surface area contributed by atoms with E-state index in [-0.39, 0.29) is 24.5 Å². The molecule has 0 fully saturated rings. The van der Waals surface area contributed by atoms with Crippen LogP contribution in [0.1, 0.15) is 16.2 Å². The number of amides is 1. The fourth-order valence-electron chi connectivity index (χ4n) is 2.38. The van der Waals surface area contributed by atoms with Gasteiger partial charge in [-0.15, -0.1) is 6.58 Å². The van der Waals surface area contributed by atoms with E-state index in [0.29, 0.717) is 10.8 Å². The molecule has 0 bridgehead atoms. The van der Waals surface area contributed by atoms with Crippen LogP contribution in [0.4, 0.5) is 4.39 Å². The number of aromatic nitrogens is 2. The van der Waals surface area contributed by atoms with Gasteiger partial charge in [0.15, 0.2) is 0 Å². The first-order chi connectivity index (χ1) is 12.6. The van der Waals surface area contributed by atoms with E-state index < -0.39 is 11.7 Å². The predicted molar refractivity (Wildman–Crippen MR) is 96.1 cm³/mol. The van der Waals surface area contributed by atoms with E-state index in [4.69, 9.17) is 16.1 Å². The molecule has 0 unspecified atom stereocenters. The molecule has 0 radical (unpaired) electrons. The molecule has 0 saturated heterocycles. The van der Waals surface area contributed by atoms with E-state index in [2.05, 4.69) is 16.7 Å². The average Bonchev–Trinajstić information content (AvgIpc) is 3.10. The molecule has 1 heterocycles. The van der Waals surface area contributed by atoms with Crippen LogP contribution in [0.5, 0.6) is 0 Å². The second-order valence-electron chi connectivity index (χ2n) is 5.47. The normalized spacial score (nSPS) is 10.5. The van der Waals surface area contributed by atoms with Crippen molar-refractivity contribution >= 4 is 17.5 Å². The van der Waals surface area contributed by atoms with Gasteiger partial charge in [-0.1, -0.05) is 35.0 Å². The van der Waals surface area contributed by atoms with Gasteiger partial charge in [0.2, 0.25) is 11.7 Å². The third-order valence-electron chi connectivity index (χ3n) is 3.64. The van der Waals surface area contributed by atoms with E-state index >= 15 is 0 Å². The number of halogens is 2. The number of nitrogens with zero attached hydrogens (tertiary/aromatic N) is 3. The summed E-state index contributed by atoms with van der Waals surface area (Å²) in [7, 11) is 0. The fraction of sp³-hybridized carbons (Fsp3) is 0.105. The Labute approximate surface area is 154 Å². The molecule has 2 aromatic carbocycles. The maximum atomic E-state index is 13.9. The maximum absolute atomic E-state index is 13.9. The number of carbonyl (C=O) groups excluding carboxylic acids is 1. The van der Waals surface area contributed by atoms with E-state index in [0.717, 1.165) is 5.56 Å². The van der Waals surface area contributed by atoms with Gasteiger partial charge < -0.3 is 9.42 Å². The van der Waals surface area contributed by atoms with Crippen molar-refractivity contribution in [3.05, 3.63) is 83.5 Å². The second-order valence-corrected chi connectivity index (χ2v) is 5.91. The van der Waals surface area contributed by atoms with Gasteiger partial charge in [0.1, 0.15) is 12.4 Å². The zero-order chi connectivity index (χ0) is 18.5. The lowest BCUT2D eigenvalue weighted by Gasteiger charge is -2.19. The highest BCUT2D eigenvalue weighted by molar-refractivity contribution is 6.30. The minimum absolute atomic E-state index is 0.0215. The molecule has 3 aromatic rings. The molecule has 26 heavy (non-hydrogen) atoms. The van der Waals surface area contributed by atoms with Crippen LogP contribution in [0.15, 0.2) is 65.7 Å². The lowest BCUT2D eigenvalue weighted by molar-refractivity contribution is 0.0740. The molecule has 1 amide bonds. The Kier molecular flexibility index (Phi) is 5.43. The van der Waals surface area contributed by atoms with Crippen LogP contribution >= 0.6 is 11.6 Å². The lowest BCUT2D eigenvalue weighted by atomic mass is 10.2.